The second kappa shape index (κ2) is 8.05. The van der Waals surface area contributed by atoms with Crippen LogP contribution in [0.5, 0.6) is 0 Å². The maximum absolute atomic E-state index is 14.7. The van der Waals surface area contributed by atoms with E-state index in [1.807, 2.05) is 18.9 Å². The lowest BCUT2D eigenvalue weighted by Crippen LogP contribution is -2.58. The van der Waals surface area contributed by atoms with Gasteiger partial charge in [0.05, 0.1) is 6.61 Å². The van der Waals surface area contributed by atoms with Gasteiger partial charge in [-0.1, -0.05) is 0 Å². The third-order valence-corrected chi connectivity index (χ3v) is 6.04. The molecular formula is C19H26FN7O3. The Morgan fingerprint density at radius 1 is 1.37 bits per heavy atom. The summed E-state index contributed by atoms with van der Waals surface area (Å²) in [7, 11) is 1.83. The van der Waals surface area contributed by atoms with Gasteiger partial charge in [0.25, 0.3) is 0 Å². The Labute approximate surface area is 173 Å². The third-order valence-electron chi connectivity index (χ3n) is 6.04. The lowest BCUT2D eigenvalue weighted by molar-refractivity contribution is 0.0351. The maximum atomic E-state index is 14.7. The highest BCUT2D eigenvalue weighted by atomic mass is 19.1. The second-order valence-corrected chi connectivity index (χ2v) is 8.02. The van der Waals surface area contributed by atoms with Crippen LogP contribution in [-0.4, -0.2) is 66.5 Å². The summed E-state index contributed by atoms with van der Waals surface area (Å²) < 4.78 is 14.7. The molecule has 2 saturated heterocycles. The molecule has 4 rings (SSSR count). The van der Waals surface area contributed by atoms with E-state index < -0.39 is 18.5 Å². The van der Waals surface area contributed by atoms with Crippen molar-refractivity contribution in [2.45, 2.75) is 63.8 Å². The number of hydrogen-bond donors (Lipinski definition) is 4. The second-order valence-electron chi connectivity index (χ2n) is 8.02. The van der Waals surface area contributed by atoms with Crippen LogP contribution in [0.2, 0.25) is 0 Å². The number of fused-ring (bicyclic) bond motifs is 2. The zero-order valence-corrected chi connectivity index (χ0v) is 17.0. The van der Waals surface area contributed by atoms with Gasteiger partial charge < -0.3 is 25.3 Å². The topological polar surface area (TPSA) is 130 Å². The lowest BCUT2D eigenvalue weighted by atomic mass is 9.81. The van der Waals surface area contributed by atoms with Gasteiger partial charge in [0, 0.05) is 36.9 Å². The van der Waals surface area contributed by atoms with E-state index in [-0.39, 0.29) is 35.6 Å². The zero-order valence-electron chi connectivity index (χ0n) is 17.0. The highest BCUT2D eigenvalue weighted by Gasteiger charge is 2.42. The van der Waals surface area contributed by atoms with Crippen molar-refractivity contribution < 1.29 is 19.4 Å². The van der Waals surface area contributed by atoms with Crippen LogP contribution in [0.25, 0.3) is 0 Å². The van der Waals surface area contributed by atoms with Crippen molar-refractivity contribution >= 4 is 23.7 Å². The predicted octanol–water partition coefficient (Wildman–Crippen LogP) is 2.38. The fourth-order valence-electron chi connectivity index (χ4n) is 4.57. The fourth-order valence-corrected chi connectivity index (χ4v) is 4.57. The van der Waals surface area contributed by atoms with Gasteiger partial charge >= 0.3 is 6.09 Å². The van der Waals surface area contributed by atoms with Crippen LogP contribution < -0.4 is 10.2 Å². The lowest BCUT2D eigenvalue weighted by Gasteiger charge is -2.49. The monoisotopic (exact) mass is 419 g/mol. The average Bonchev–Trinajstić information content (AvgIpc) is 3.12. The number of amides is 1. The third kappa shape index (κ3) is 3.76. The van der Waals surface area contributed by atoms with E-state index in [9.17, 15) is 19.4 Å². The van der Waals surface area contributed by atoms with Gasteiger partial charge in [0.1, 0.15) is 5.69 Å². The molecule has 162 valence electrons. The number of piperidine rings is 2. The van der Waals surface area contributed by atoms with Crippen molar-refractivity contribution in [3.63, 3.8) is 0 Å². The van der Waals surface area contributed by atoms with Crippen molar-refractivity contribution in [2.75, 3.05) is 17.3 Å². The number of rotatable bonds is 5. The molecule has 1 amide bonds. The molecule has 2 fully saturated rings. The maximum Gasteiger partial charge on any atom is 0.407 e. The van der Waals surface area contributed by atoms with E-state index in [1.165, 1.54) is 0 Å². The van der Waals surface area contributed by atoms with Crippen LogP contribution in [0.1, 0.15) is 43.5 Å². The summed E-state index contributed by atoms with van der Waals surface area (Å²) in [5.74, 6) is -0.104. The molecule has 1 unspecified atom stereocenters. The van der Waals surface area contributed by atoms with Gasteiger partial charge in [-0.15, -0.1) is 0 Å². The van der Waals surface area contributed by atoms with Gasteiger partial charge in [-0.05, 0) is 39.0 Å². The number of nitrogens with one attached hydrogen (secondary N) is 2. The molecule has 2 aromatic heterocycles. The molecule has 4 heterocycles. The van der Waals surface area contributed by atoms with Crippen LogP contribution in [-0.2, 0) is 6.61 Å². The Bertz CT molecular complexity index is 923. The van der Waals surface area contributed by atoms with Crippen molar-refractivity contribution in [1.29, 1.82) is 0 Å². The highest BCUT2D eigenvalue weighted by Crippen LogP contribution is 2.36. The predicted molar refractivity (Wildman–Crippen MR) is 107 cm³/mol. The first-order chi connectivity index (χ1) is 14.4. The van der Waals surface area contributed by atoms with Gasteiger partial charge in [-0.3, -0.25) is 5.10 Å². The number of aryl methyl sites for hydroxylation is 1. The minimum Gasteiger partial charge on any atom is -0.465 e. The normalized spacial score (nSPS) is 23.3. The fraction of sp³-hybridized carbons (Fsp3) is 0.579. The molecule has 0 spiro atoms. The summed E-state index contributed by atoms with van der Waals surface area (Å²) in [6.07, 6.45) is 3.15. The summed E-state index contributed by atoms with van der Waals surface area (Å²) in [5, 5.41) is 28.8. The van der Waals surface area contributed by atoms with Gasteiger partial charge in [-0.25, -0.2) is 14.2 Å². The van der Waals surface area contributed by atoms with Crippen LogP contribution in [0.4, 0.5) is 26.8 Å². The molecule has 3 atom stereocenters. The van der Waals surface area contributed by atoms with E-state index in [2.05, 4.69) is 25.5 Å². The average molecular weight is 419 g/mol. The molecule has 10 nitrogen and oxygen atoms in total. The number of nitrogens with zero attached hydrogens (tertiary/aromatic N) is 5. The number of halogens is 1. The summed E-state index contributed by atoms with van der Waals surface area (Å²) in [5.41, 5.74) is 0.702. The van der Waals surface area contributed by atoms with Crippen molar-refractivity contribution in [3.05, 3.63) is 23.3 Å². The minimum atomic E-state index is -0.868. The SMILES string of the molecule is Cc1cc(Nc2nc(N(C)C3C[C@H]4CCC[C@@H](C3)N4C(=O)O)nc(CO)c2F)n[nH]1. The summed E-state index contributed by atoms with van der Waals surface area (Å²) in [6.45, 7) is 1.26. The number of aromatic nitrogens is 4. The Hall–Kier alpha value is -2.95. The number of aromatic amines is 1. The van der Waals surface area contributed by atoms with E-state index in [0.717, 1.165) is 25.0 Å². The first kappa shape index (κ1) is 20.3. The zero-order chi connectivity index (χ0) is 21.4. The van der Waals surface area contributed by atoms with Crippen LogP contribution in [0.3, 0.4) is 0 Å². The Balaban J connectivity index is 1.60. The molecule has 2 aliphatic rings. The number of aliphatic hydroxyl groups is 1. The smallest absolute Gasteiger partial charge is 0.407 e. The Morgan fingerprint density at radius 2 is 2.07 bits per heavy atom. The molecule has 0 radical (unpaired) electrons. The molecule has 2 aromatic rings. The largest absolute Gasteiger partial charge is 0.465 e. The molecule has 0 saturated carbocycles. The van der Waals surface area contributed by atoms with Gasteiger partial charge in [0.2, 0.25) is 5.95 Å². The molecule has 0 aromatic carbocycles. The summed E-state index contributed by atoms with van der Waals surface area (Å²) in [4.78, 5) is 23.7. The van der Waals surface area contributed by atoms with Gasteiger partial charge in [0.15, 0.2) is 17.5 Å². The van der Waals surface area contributed by atoms with Crippen LogP contribution in [0, 0.1) is 12.7 Å². The van der Waals surface area contributed by atoms with Crippen molar-refractivity contribution in [3.8, 4) is 0 Å². The number of carbonyl (C=O) groups is 1. The molecule has 11 heteroatoms. The van der Waals surface area contributed by atoms with E-state index in [1.54, 1.807) is 11.0 Å². The highest BCUT2D eigenvalue weighted by molar-refractivity contribution is 5.66. The Morgan fingerprint density at radius 3 is 2.63 bits per heavy atom. The molecule has 0 aliphatic carbocycles. The minimum absolute atomic E-state index is 0.0217. The van der Waals surface area contributed by atoms with E-state index >= 15 is 0 Å². The summed E-state index contributed by atoms with van der Waals surface area (Å²) in [6, 6.07) is 1.66. The standard InChI is InChI=1S/C19H26FN7O3/c1-10-6-15(25-24-10)22-17-16(20)14(9-28)21-18(23-17)26(2)13-7-11-4-3-5-12(8-13)27(11)19(29)30/h6,11-13,28H,3-5,7-9H2,1-2H3,(H,29,30)(H2,21,22,23,24,25)/t11-,12+,13?. The number of carboxylic acid groups (broad SMARTS) is 1. The first-order valence-corrected chi connectivity index (χ1v) is 10.1. The Kier molecular flexibility index (Phi) is 5.46. The number of H-pyrrole nitrogens is 1. The summed E-state index contributed by atoms with van der Waals surface area (Å²) >= 11 is 0. The van der Waals surface area contributed by atoms with E-state index in [4.69, 9.17) is 0 Å². The molecular weight excluding hydrogens is 393 g/mol. The molecule has 30 heavy (non-hydrogen) atoms. The van der Waals surface area contributed by atoms with Gasteiger partial charge in [-0.2, -0.15) is 10.1 Å². The van der Waals surface area contributed by atoms with Crippen molar-refractivity contribution in [2.24, 2.45) is 0 Å². The number of aliphatic hydroxyl groups excluding tert-OH is 1. The van der Waals surface area contributed by atoms with Crippen LogP contribution in [0.15, 0.2) is 6.07 Å². The van der Waals surface area contributed by atoms with E-state index in [0.29, 0.717) is 18.7 Å². The van der Waals surface area contributed by atoms with Crippen LogP contribution >= 0.6 is 0 Å². The number of anilines is 3. The number of hydrogen-bond acceptors (Lipinski definition) is 7. The molecule has 4 N–H and O–H groups in total. The molecule has 2 aliphatic heterocycles. The quantitative estimate of drug-likeness (QED) is 0.581. The van der Waals surface area contributed by atoms with Crippen molar-refractivity contribution in [1.82, 2.24) is 25.1 Å². The molecule has 2 bridgehead atoms. The first-order valence-electron chi connectivity index (χ1n) is 10.1.